The van der Waals surface area contributed by atoms with Crippen molar-refractivity contribution in [3.63, 3.8) is 0 Å². The van der Waals surface area contributed by atoms with E-state index in [1.165, 1.54) is 32.5 Å². The largest absolute Gasteiger partial charge is 0.504 e. The number of ether oxygens (including phenoxy) is 1. The number of benzene rings is 1. The maximum Gasteiger partial charge on any atom is 0.161 e. The highest BCUT2D eigenvalue weighted by atomic mass is 16.5. The van der Waals surface area contributed by atoms with E-state index in [0.717, 1.165) is 18.7 Å². The second-order valence-corrected chi connectivity index (χ2v) is 5.98. The molecule has 0 aromatic heterocycles. The summed E-state index contributed by atoms with van der Waals surface area (Å²) in [5, 5.41) is 13.2. The minimum absolute atomic E-state index is 0.211. The van der Waals surface area contributed by atoms with Crippen LogP contribution >= 0.6 is 0 Å². The average Bonchev–Trinajstić information content (AvgIpc) is 2.95. The van der Waals surface area contributed by atoms with Crippen molar-refractivity contribution >= 4 is 0 Å². The number of hydrogen-bond donors (Lipinski definition) is 2. The SMILES string of the molecule is CCOc1cc(CNCC(C)CN2CCCC2)ccc1O. The molecule has 21 heavy (non-hydrogen) atoms. The number of hydrogen-bond acceptors (Lipinski definition) is 4. The minimum Gasteiger partial charge on any atom is -0.504 e. The normalized spacial score (nSPS) is 17.0. The van der Waals surface area contributed by atoms with Gasteiger partial charge in [0, 0.05) is 13.1 Å². The van der Waals surface area contributed by atoms with Crippen LogP contribution in [0.2, 0.25) is 0 Å². The molecule has 1 aliphatic heterocycles. The third-order valence-corrected chi connectivity index (χ3v) is 3.91. The van der Waals surface area contributed by atoms with Crippen LogP contribution < -0.4 is 10.1 Å². The minimum atomic E-state index is 0.211. The van der Waals surface area contributed by atoms with E-state index in [1.807, 2.05) is 19.1 Å². The predicted molar refractivity (Wildman–Crippen MR) is 85.8 cm³/mol. The Kier molecular flexibility index (Phi) is 6.33. The number of nitrogens with zero attached hydrogens (tertiary/aromatic N) is 1. The van der Waals surface area contributed by atoms with Gasteiger partial charge >= 0.3 is 0 Å². The molecule has 0 saturated carbocycles. The highest BCUT2D eigenvalue weighted by Crippen LogP contribution is 2.26. The van der Waals surface area contributed by atoms with E-state index >= 15 is 0 Å². The Morgan fingerprint density at radius 3 is 2.81 bits per heavy atom. The van der Waals surface area contributed by atoms with Crippen LogP contribution in [0.1, 0.15) is 32.3 Å². The van der Waals surface area contributed by atoms with Crippen LogP contribution in [0, 0.1) is 5.92 Å². The predicted octanol–water partition coefficient (Wildman–Crippen LogP) is 2.61. The third-order valence-electron chi connectivity index (χ3n) is 3.91. The van der Waals surface area contributed by atoms with E-state index < -0.39 is 0 Å². The molecule has 4 heteroatoms. The molecule has 0 amide bonds. The van der Waals surface area contributed by atoms with Crippen LogP contribution in [0.15, 0.2) is 18.2 Å². The number of nitrogens with one attached hydrogen (secondary N) is 1. The molecule has 4 nitrogen and oxygen atoms in total. The van der Waals surface area contributed by atoms with Crippen molar-refractivity contribution in [2.75, 3.05) is 32.8 Å². The smallest absolute Gasteiger partial charge is 0.161 e. The van der Waals surface area contributed by atoms with Gasteiger partial charge in [0.15, 0.2) is 11.5 Å². The van der Waals surface area contributed by atoms with Gasteiger partial charge in [0.1, 0.15) is 0 Å². The highest BCUT2D eigenvalue weighted by molar-refractivity contribution is 5.41. The first-order valence-corrected chi connectivity index (χ1v) is 8.06. The van der Waals surface area contributed by atoms with E-state index in [9.17, 15) is 5.11 Å². The lowest BCUT2D eigenvalue weighted by atomic mass is 10.1. The zero-order valence-electron chi connectivity index (χ0n) is 13.3. The Balaban J connectivity index is 1.73. The summed E-state index contributed by atoms with van der Waals surface area (Å²) in [4.78, 5) is 2.56. The Morgan fingerprint density at radius 1 is 1.33 bits per heavy atom. The van der Waals surface area contributed by atoms with E-state index in [1.54, 1.807) is 6.07 Å². The molecular weight excluding hydrogens is 264 g/mol. The Hall–Kier alpha value is -1.26. The van der Waals surface area contributed by atoms with Gasteiger partial charge in [0.2, 0.25) is 0 Å². The first kappa shape index (κ1) is 16.1. The summed E-state index contributed by atoms with van der Waals surface area (Å²) in [5.74, 6) is 1.44. The molecule has 1 aromatic carbocycles. The van der Waals surface area contributed by atoms with Crippen LogP contribution in [0.25, 0.3) is 0 Å². The van der Waals surface area contributed by atoms with Crippen LogP contribution in [0.3, 0.4) is 0 Å². The summed E-state index contributed by atoms with van der Waals surface area (Å²) in [7, 11) is 0. The summed E-state index contributed by atoms with van der Waals surface area (Å²) in [6.07, 6.45) is 2.71. The summed E-state index contributed by atoms with van der Waals surface area (Å²) in [5.41, 5.74) is 1.14. The Labute approximate surface area is 128 Å². The van der Waals surface area contributed by atoms with E-state index in [4.69, 9.17) is 4.74 Å². The van der Waals surface area contributed by atoms with Gasteiger partial charge in [-0.25, -0.2) is 0 Å². The van der Waals surface area contributed by atoms with Gasteiger partial charge in [-0.2, -0.15) is 0 Å². The van der Waals surface area contributed by atoms with Crippen molar-refractivity contribution in [2.24, 2.45) is 5.92 Å². The van der Waals surface area contributed by atoms with Gasteiger partial charge in [-0.05, 0) is 63.0 Å². The first-order valence-electron chi connectivity index (χ1n) is 8.06. The first-order chi connectivity index (χ1) is 10.2. The molecule has 0 aliphatic carbocycles. The molecule has 1 aliphatic rings. The number of phenols is 1. The number of rotatable bonds is 8. The third kappa shape index (κ3) is 5.21. The molecule has 1 aromatic rings. The standard InChI is InChI=1S/C17H28N2O2/c1-3-21-17-10-15(6-7-16(17)20)12-18-11-14(2)13-19-8-4-5-9-19/h6-7,10,14,18,20H,3-5,8-9,11-13H2,1-2H3. The van der Waals surface area contributed by atoms with Gasteiger partial charge in [-0.3, -0.25) is 0 Å². The Bertz CT molecular complexity index is 431. The van der Waals surface area contributed by atoms with Crippen LogP contribution in [-0.4, -0.2) is 42.8 Å². The summed E-state index contributed by atoms with van der Waals surface area (Å²) >= 11 is 0. The molecular formula is C17H28N2O2. The molecule has 1 unspecified atom stereocenters. The van der Waals surface area contributed by atoms with Crippen molar-refractivity contribution < 1.29 is 9.84 Å². The summed E-state index contributed by atoms with van der Waals surface area (Å²) in [6.45, 7) is 10.3. The maximum absolute atomic E-state index is 9.69. The average molecular weight is 292 g/mol. The van der Waals surface area contributed by atoms with Crippen LogP contribution in [0.4, 0.5) is 0 Å². The van der Waals surface area contributed by atoms with Crippen LogP contribution in [0.5, 0.6) is 11.5 Å². The van der Waals surface area contributed by atoms with E-state index in [-0.39, 0.29) is 5.75 Å². The lowest BCUT2D eigenvalue weighted by molar-refractivity contribution is 0.282. The van der Waals surface area contributed by atoms with Crippen molar-refractivity contribution in [1.29, 1.82) is 0 Å². The van der Waals surface area contributed by atoms with Gasteiger partial charge in [0.05, 0.1) is 6.61 Å². The molecule has 0 radical (unpaired) electrons. The molecule has 1 saturated heterocycles. The van der Waals surface area contributed by atoms with Gasteiger partial charge in [-0.1, -0.05) is 13.0 Å². The lowest BCUT2D eigenvalue weighted by Crippen LogP contribution is -2.31. The molecule has 1 heterocycles. The van der Waals surface area contributed by atoms with Gasteiger partial charge in [-0.15, -0.1) is 0 Å². The van der Waals surface area contributed by atoms with Crippen molar-refractivity contribution in [1.82, 2.24) is 10.2 Å². The van der Waals surface area contributed by atoms with Gasteiger partial charge in [0.25, 0.3) is 0 Å². The lowest BCUT2D eigenvalue weighted by Gasteiger charge is -2.20. The summed E-state index contributed by atoms with van der Waals surface area (Å²) < 4.78 is 5.41. The fourth-order valence-electron chi connectivity index (χ4n) is 2.87. The second-order valence-electron chi connectivity index (χ2n) is 5.98. The fourth-order valence-corrected chi connectivity index (χ4v) is 2.87. The van der Waals surface area contributed by atoms with Gasteiger partial charge < -0.3 is 20.1 Å². The Morgan fingerprint density at radius 2 is 2.10 bits per heavy atom. The highest BCUT2D eigenvalue weighted by Gasteiger charge is 2.14. The van der Waals surface area contributed by atoms with Crippen molar-refractivity contribution in [3.8, 4) is 11.5 Å². The van der Waals surface area contributed by atoms with E-state index in [0.29, 0.717) is 18.3 Å². The fraction of sp³-hybridized carbons (Fsp3) is 0.647. The number of phenolic OH excluding ortho intramolecular Hbond substituents is 1. The zero-order chi connectivity index (χ0) is 15.1. The summed E-state index contributed by atoms with van der Waals surface area (Å²) in [6, 6.07) is 5.56. The zero-order valence-corrected chi connectivity index (χ0v) is 13.3. The molecule has 118 valence electrons. The number of likely N-dealkylation sites (tertiary alicyclic amines) is 1. The van der Waals surface area contributed by atoms with Crippen molar-refractivity contribution in [3.05, 3.63) is 23.8 Å². The molecule has 1 fully saturated rings. The molecule has 2 rings (SSSR count). The van der Waals surface area contributed by atoms with E-state index in [2.05, 4.69) is 17.1 Å². The quantitative estimate of drug-likeness (QED) is 0.773. The molecule has 2 N–H and O–H groups in total. The molecule has 0 bridgehead atoms. The molecule has 0 spiro atoms. The second kappa shape index (κ2) is 8.25. The number of aromatic hydroxyl groups is 1. The van der Waals surface area contributed by atoms with Crippen LogP contribution in [-0.2, 0) is 6.54 Å². The van der Waals surface area contributed by atoms with Crippen molar-refractivity contribution in [2.45, 2.75) is 33.2 Å². The monoisotopic (exact) mass is 292 g/mol. The maximum atomic E-state index is 9.69. The topological polar surface area (TPSA) is 44.7 Å². The molecule has 1 atom stereocenters.